The fourth-order valence-electron chi connectivity index (χ4n) is 1.42. The number of para-hydroxylation sites is 1. The lowest BCUT2D eigenvalue weighted by molar-refractivity contribution is 0.109. The molecule has 1 aliphatic heterocycles. The van der Waals surface area contributed by atoms with E-state index >= 15 is 0 Å². The van der Waals surface area contributed by atoms with Crippen LogP contribution in [0.5, 0.6) is 0 Å². The fraction of sp³-hybridized carbons (Fsp3) is 0.333. The lowest BCUT2D eigenvalue weighted by Gasteiger charge is -2.10. The highest BCUT2D eigenvalue weighted by molar-refractivity contribution is 5.76. The second kappa shape index (κ2) is 5.53. The number of benzene rings is 1. The number of hydrogen-bond acceptors (Lipinski definition) is 3. The lowest BCUT2D eigenvalue weighted by atomic mass is 10.3. The molecule has 2 heterocycles. The van der Waals surface area contributed by atoms with E-state index in [1.807, 2.05) is 30.3 Å². The molecule has 0 unspecified atom stereocenters. The average molecular weight is 205 g/mol. The van der Waals surface area contributed by atoms with Crippen LogP contribution in [0.25, 0.3) is 11.0 Å². The maximum Gasteiger partial charge on any atom is 0.133 e. The van der Waals surface area contributed by atoms with Crippen molar-refractivity contribution in [2.24, 2.45) is 0 Å². The molecule has 0 radical (unpaired) electrons. The summed E-state index contributed by atoms with van der Waals surface area (Å²) in [6.45, 7) is 3.83. The quantitative estimate of drug-likeness (QED) is 0.714. The van der Waals surface area contributed by atoms with Crippen LogP contribution in [0.4, 0.5) is 0 Å². The minimum Gasteiger partial charge on any atom is -0.464 e. The van der Waals surface area contributed by atoms with Crippen LogP contribution >= 0.6 is 0 Å². The molecule has 0 aliphatic carbocycles. The van der Waals surface area contributed by atoms with E-state index in [0.29, 0.717) is 0 Å². The smallest absolute Gasteiger partial charge is 0.133 e. The molecule has 0 amide bonds. The van der Waals surface area contributed by atoms with Crippen molar-refractivity contribution in [2.75, 3.05) is 26.3 Å². The third-order valence-electron chi connectivity index (χ3n) is 2.21. The highest BCUT2D eigenvalue weighted by Gasteiger charge is 1.93. The second-order valence-corrected chi connectivity index (χ2v) is 3.32. The number of hydrogen-bond donors (Lipinski definition) is 1. The standard InChI is InChI=1S/C8H6O.C4H9NO/c1-2-4-8-7(3-1)5-6-9-8;1-3-6-4-2-5-1/h1-6H;5H,1-4H2. The van der Waals surface area contributed by atoms with Gasteiger partial charge in [0.1, 0.15) is 5.58 Å². The Bertz CT molecular complexity index is 351. The monoisotopic (exact) mass is 205 g/mol. The minimum absolute atomic E-state index is 0.889. The van der Waals surface area contributed by atoms with E-state index < -0.39 is 0 Å². The topological polar surface area (TPSA) is 34.4 Å². The maximum absolute atomic E-state index is 5.12. The van der Waals surface area contributed by atoms with E-state index in [0.717, 1.165) is 37.3 Å². The first-order valence-corrected chi connectivity index (χ1v) is 5.17. The average Bonchev–Trinajstić information content (AvgIpc) is 2.80. The Labute approximate surface area is 89.0 Å². The fourth-order valence-corrected chi connectivity index (χ4v) is 1.42. The third kappa shape index (κ3) is 3.08. The molecule has 0 spiro atoms. The highest BCUT2D eigenvalue weighted by Crippen LogP contribution is 2.12. The van der Waals surface area contributed by atoms with Gasteiger partial charge in [0.15, 0.2) is 0 Å². The van der Waals surface area contributed by atoms with Crippen molar-refractivity contribution in [1.82, 2.24) is 5.32 Å². The van der Waals surface area contributed by atoms with Gasteiger partial charge in [-0.3, -0.25) is 0 Å². The molecule has 2 aromatic rings. The van der Waals surface area contributed by atoms with Crippen molar-refractivity contribution in [3.63, 3.8) is 0 Å². The van der Waals surface area contributed by atoms with Gasteiger partial charge in [-0.2, -0.15) is 0 Å². The largest absolute Gasteiger partial charge is 0.464 e. The highest BCUT2D eigenvalue weighted by atomic mass is 16.5. The second-order valence-electron chi connectivity index (χ2n) is 3.32. The normalized spacial score (nSPS) is 15.7. The molecule has 80 valence electrons. The van der Waals surface area contributed by atoms with Crippen LogP contribution < -0.4 is 5.32 Å². The van der Waals surface area contributed by atoms with Crippen LogP contribution in [0.3, 0.4) is 0 Å². The Hall–Kier alpha value is -1.32. The number of rotatable bonds is 0. The van der Waals surface area contributed by atoms with Crippen LogP contribution in [0.2, 0.25) is 0 Å². The van der Waals surface area contributed by atoms with E-state index in [9.17, 15) is 0 Å². The summed E-state index contributed by atoms with van der Waals surface area (Å²) in [7, 11) is 0. The molecule has 0 atom stereocenters. The van der Waals surface area contributed by atoms with E-state index in [1.54, 1.807) is 6.26 Å². The Morgan fingerprint density at radius 3 is 2.40 bits per heavy atom. The molecule has 3 rings (SSSR count). The molecule has 0 saturated carbocycles. The molecular formula is C12H15NO2. The molecule has 15 heavy (non-hydrogen) atoms. The summed E-state index contributed by atoms with van der Waals surface area (Å²) < 4.78 is 10.1. The SMILES string of the molecule is C1COCCN1.c1ccc2occc2c1. The summed E-state index contributed by atoms with van der Waals surface area (Å²) in [6.07, 6.45) is 1.70. The van der Waals surface area contributed by atoms with Gasteiger partial charge in [0, 0.05) is 18.5 Å². The van der Waals surface area contributed by atoms with Crippen molar-refractivity contribution in [3.8, 4) is 0 Å². The lowest BCUT2D eigenvalue weighted by Crippen LogP contribution is -2.30. The van der Waals surface area contributed by atoms with Gasteiger partial charge in [-0.05, 0) is 12.1 Å². The summed E-state index contributed by atoms with van der Waals surface area (Å²) in [5, 5.41) is 4.32. The summed E-state index contributed by atoms with van der Waals surface area (Å²) in [5.41, 5.74) is 0.956. The van der Waals surface area contributed by atoms with Gasteiger partial charge in [-0.25, -0.2) is 0 Å². The predicted molar refractivity (Wildman–Crippen MR) is 59.9 cm³/mol. The van der Waals surface area contributed by atoms with E-state index in [2.05, 4.69) is 5.32 Å². The van der Waals surface area contributed by atoms with E-state index in [4.69, 9.17) is 9.15 Å². The van der Waals surface area contributed by atoms with Crippen molar-refractivity contribution < 1.29 is 9.15 Å². The van der Waals surface area contributed by atoms with Crippen molar-refractivity contribution >= 4 is 11.0 Å². The number of ether oxygens (including phenoxy) is 1. The third-order valence-corrected chi connectivity index (χ3v) is 2.21. The van der Waals surface area contributed by atoms with Crippen LogP contribution in [-0.4, -0.2) is 26.3 Å². The summed E-state index contributed by atoms with van der Waals surface area (Å²) in [5.74, 6) is 0. The van der Waals surface area contributed by atoms with E-state index in [1.165, 1.54) is 0 Å². The zero-order chi connectivity index (χ0) is 10.3. The first kappa shape index (κ1) is 10.2. The molecule has 1 fully saturated rings. The van der Waals surface area contributed by atoms with Gasteiger partial charge < -0.3 is 14.5 Å². The Kier molecular flexibility index (Phi) is 3.77. The van der Waals surface area contributed by atoms with E-state index in [-0.39, 0.29) is 0 Å². The number of morpholine rings is 1. The molecule has 3 nitrogen and oxygen atoms in total. The van der Waals surface area contributed by atoms with Gasteiger partial charge in [-0.15, -0.1) is 0 Å². The predicted octanol–water partition coefficient (Wildman–Crippen LogP) is 2.04. The molecular weight excluding hydrogens is 190 g/mol. The molecule has 1 N–H and O–H groups in total. The molecule has 1 aromatic heterocycles. The van der Waals surface area contributed by atoms with Gasteiger partial charge in [-0.1, -0.05) is 18.2 Å². The van der Waals surface area contributed by atoms with Crippen molar-refractivity contribution in [3.05, 3.63) is 36.6 Å². The van der Waals surface area contributed by atoms with Gasteiger partial charge >= 0.3 is 0 Å². The molecule has 1 aromatic carbocycles. The number of fused-ring (bicyclic) bond motifs is 1. The maximum atomic E-state index is 5.12. The Balaban J connectivity index is 0.000000124. The van der Waals surface area contributed by atoms with Crippen molar-refractivity contribution in [1.29, 1.82) is 0 Å². The Morgan fingerprint density at radius 2 is 1.80 bits per heavy atom. The summed E-state index contributed by atoms with van der Waals surface area (Å²) in [4.78, 5) is 0. The van der Waals surface area contributed by atoms with Crippen LogP contribution in [0, 0.1) is 0 Å². The Morgan fingerprint density at radius 1 is 1.00 bits per heavy atom. The van der Waals surface area contributed by atoms with Crippen molar-refractivity contribution in [2.45, 2.75) is 0 Å². The molecule has 1 aliphatic rings. The van der Waals surface area contributed by atoms with Gasteiger partial charge in [0.25, 0.3) is 0 Å². The number of furan rings is 1. The zero-order valence-electron chi connectivity index (χ0n) is 8.61. The first-order valence-electron chi connectivity index (χ1n) is 5.17. The zero-order valence-corrected chi connectivity index (χ0v) is 8.61. The van der Waals surface area contributed by atoms with Crippen LogP contribution in [0.15, 0.2) is 41.0 Å². The molecule has 0 bridgehead atoms. The summed E-state index contributed by atoms with van der Waals surface area (Å²) in [6, 6.07) is 9.90. The molecule has 1 saturated heterocycles. The number of nitrogens with one attached hydrogen (secondary N) is 1. The van der Waals surface area contributed by atoms with Crippen LogP contribution in [0.1, 0.15) is 0 Å². The minimum atomic E-state index is 0.889. The van der Waals surface area contributed by atoms with Crippen LogP contribution in [-0.2, 0) is 4.74 Å². The summed E-state index contributed by atoms with van der Waals surface area (Å²) >= 11 is 0. The molecule has 3 heteroatoms. The van der Waals surface area contributed by atoms with Gasteiger partial charge in [0.2, 0.25) is 0 Å². The first-order chi connectivity index (χ1) is 7.47. The van der Waals surface area contributed by atoms with Gasteiger partial charge in [0.05, 0.1) is 19.5 Å².